The number of fused-ring (bicyclic) bond motifs is 1. The molecule has 0 saturated heterocycles. The van der Waals surface area contributed by atoms with Gasteiger partial charge in [-0.05, 0) is 40.6 Å². The maximum Gasteiger partial charge on any atom is 0.323 e. The van der Waals surface area contributed by atoms with Crippen LogP contribution in [0, 0.1) is 0 Å². The Kier molecular flexibility index (Phi) is 5.54. The highest BCUT2D eigenvalue weighted by atomic mass is 16.4. The molecule has 5 nitrogen and oxygen atoms in total. The number of carbonyl (C=O) groups is 1. The van der Waals surface area contributed by atoms with Crippen LogP contribution >= 0.6 is 0 Å². The smallest absolute Gasteiger partial charge is 0.323 e. The molecule has 1 aromatic heterocycles. The molecule has 0 aliphatic rings. The van der Waals surface area contributed by atoms with E-state index >= 15 is 0 Å². The van der Waals surface area contributed by atoms with Crippen LogP contribution in [-0.2, 0) is 4.79 Å². The molecule has 0 bridgehead atoms. The highest BCUT2D eigenvalue weighted by Gasteiger charge is 2.15. The van der Waals surface area contributed by atoms with Crippen molar-refractivity contribution in [1.82, 2.24) is 4.98 Å². The number of rotatable bonds is 6. The standard InChI is InChI=1S/C23H27N3O2/c1-15(2)17-8-11-19-20(12-17)23(26(5)14-22(27)28)24-13-21(19)16-6-9-18(10-7-16)25(3)4/h6-13,15H,14H2,1-5H3,(H,27,28). The summed E-state index contributed by atoms with van der Waals surface area (Å²) >= 11 is 0. The van der Waals surface area contributed by atoms with Crippen molar-refractivity contribution in [3.63, 3.8) is 0 Å². The van der Waals surface area contributed by atoms with Crippen molar-refractivity contribution >= 4 is 28.2 Å². The van der Waals surface area contributed by atoms with Crippen LogP contribution in [0.3, 0.4) is 0 Å². The van der Waals surface area contributed by atoms with Crippen molar-refractivity contribution in [2.24, 2.45) is 0 Å². The van der Waals surface area contributed by atoms with Gasteiger partial charge in [0.1, 0.15) is 12.4 Å². The summed E-state index contributed by atoms with van der Waals surface area (Å²) in [7, 11) is 5.81. The van der Waals surface area contributed by atoms with Gasteiger partial charge in [-0.3, -0.25) is 4.79 Å². The topological polar surface area (TPSA) is 56.7 Å². The molecule has 28 heavy (non-hydrogen) atoms. The van der Waals surface area contributed by atoms with Gasteiger partial charge in [0.05, 0.1) is 0 Å². The Bertz CT molecular complexity index is 995. The molecule has 5 heteroatoms. The molecule has 0 radical (unpaired) electrons. The molecule has 3 aromatic rings. The lowest BCUT2D eigenvalue weighted by molar-refractivity contribution is -0.135. The number of hydrogen-bond donors (Lipinski definition) is 1. The molecule has 1 N–H and O–H groups in total. The minimum atomic E-state index is -0.874. The Morgan fingerprint density at radius 3 is 2.29 bits per heavy atom. The third-order valence-electron chi connectivity index (χ3n) is 4.99. The summed E-state index contributed by atoms with van der Waals surface area (Å²) in [4.78, 5) is 19.6. The van der Waals surface area contributed by atoms with Crippen molar-refractivity contribution < 1.29 is 9.90 Å². The van der Waals surface area contributed by atoms with E-state index < -0.39 is 5.97 Å². The second kappa shape index (κ2) is 7.89. The third kappa shape index (κ3) is 3.93. The van der Waals surface area contributed by atoms with E-state index in [1.807, 2.05) is 20.3 Å². The molecule has 0 unspecified atom stereocenters. The predicted molar refractivity (Wildman–Crippen MR) is 117 cm³/mol. The molecular weight excluding hydrogens is 350 g/mol. The lowest BCUT2D eigenvalue weighted by Crippen LogP contribution is -2.26. The molecule has 2 aromatic carbocycles. The summed E-state index contributed by atoms with van der Waals surface area (Å²) < 4.78 is 0. The van der Waals surface area contributed by atoms with E-state index in [0.29, 0.717) is 11.7 Å². The largest absolute Gasteiger partial charge is 0.480 e. The average Bonchev–Trinajstić information content (AvgIpc) is 2.66. The number of aromatic nitrogens is 1. The number of pyridine rings is 1. The zero-order chi connectivity index (χ0) is 20.4. The molecule has 3 rings (SSSR count). The van der Waals surface area contributed by atoms with Crippen LogP contribution in [-0.4, -0.2) is 43.7 Å². The summed E-state index contributed by atoms with van der Waals surface area (Å²) in [6.07, 6.45) is 1.84. The lowest BCUT2D eigenvalue weighted by Gasteiger charge is -2.20. The Balaban J connectivity index is 2.18. The zero-order valence-electron chi connectivity index (χ0n) is 17.1. The first-order valence-electron chi connectivity index (χ1n) is 9.41. The molecule has 146 valence electrons. The van der Waals surface area contributed by atoms with E-state index in [2.05, 4.69) is 66.2 Å². The Labute approximate surface area is 166 Å². The number of benzene rings is 2. The highest BCUT2D eigenvalue weighted by Crippen LogP contribution is 2.35. The summed E-state index contributed by atoms with van der Waals surface area (Å²) in [6, 6.07) is 14.8. The fourth-order valence-corrected chi connectivity index (χ4v) is 3.36. The number of carboxylic acid groups (broad SMARTS) is 1. The van der Waals surface area contributed by atoms with Crippen molar-refractivity contribution in [2.75, 3.05) is 37.5 Å². The number of anilines is 2. The van der Waals surface area contributed by atoms with Crippen molar-refractivity contribution in [3.8, 4) is 11.1 Å². The first kappa shape index (κ1) is 19.7. The molecule has 1 heterocycles. The zero-order valence-corrected chi connectivity index (χ0v) is 17.1. The van der Waals surface area contributed by atoms with E-state index in [9.17, 15) is 9.90 Å². The Hall–Kier alpha value is -3.08. The van der Waals surface area contributed by atoms with Gasteiger partial charge in [-0.2, -0.15) is 0 Å². The van der Waals surface area contributed by atoms with Gasteiger partial charge < -0.3 is 14.9 Å². The van der Waals surface area contributed by atoms with Crippen LogP contribution in [0.4, 0.5) is 11.5 Å². The number of aliphatic carboxylic acids is 1. The second-order valence-corrected chi connectivity index (χ2v) is 7.65. The maximum atomic E-state index is 11.2. The van der Waals surface area contributed by atoms with Crippen molar-refractivity contribution in [2.45, 2.75) is 19.8 Å². The minimum absolute atomic E-state index is 0.0924. The molecule has 0 amide bonds. The third-order valence-corrected chi connectivity index (χ3v) is 4.99. The van der Waals surface area contributed by atoms with Crippen LogP contribution in [0.15, 0.2) is 48.7 Å². The van der Waals surface area contributed by atoms with Crippen LogP contribution < -0.4 is 9.80 Å². The van der Waals surface area contributed by atoms with Gasteiger partial charge in [0, 0.05) is 44.0 Å². The molecule has 0 atom stereocenters. The fourth-order valence-electron chi connectivity index (χ4n) is 3.36. The van der Waals surface area contributed by atoms with Gasteiger partial charge >= 0.3 is 5.97 Å². The SMILES string of the molecule is CC(C)c1ccc2c(-c3ccc(N(C)C)cc3)cnc(N(C)CC(=O)O)c2c1. The van der Waals surface area contributed by atoms with Crippen LogP contribution in [0.1, 0.15) is 25.3 Å². The molecule has 0 fully saturated rings. The van der Waals surface area contributed by atoms with Crippen molar-refractivity contribution in [3.05, 3.63) is 54.2 Å². The minimum Gasteiger partial charge on any atom is -0.480 e. The van der Waals surface area contributed by atoms with Gasteiger partial charge in [-0.1, -0.05) is 38.1 Å². The Morgan fingerprint density at radius 1 is 1.04 bits per heavy atom. The highest BCUT2D eigenvalue weighted by molar-refractivity contribution is 6.02. The van der Waals surface area contributed by atoms with E-state index in [-0.39, 0.29) is 6.54 Å². The van der Waals surface area contributed by atoms with E-state index in [1.54, 1.807) is 11.9 Å². The van der Waals surface area contributed by atoms with E-state index in [4.69, 9.17) is 0 Å². The normalized spacial score (nSPS) is 11.1. The van der Waals surface area contributed by atoms with E-state index in [1.165, 1.54) is 5.56 Å². The summed E-state index contributed by atoms with van der Waals surface area (Å²) in [5.74, 6) is 0.194. The van der Waals surface area contributed by atoms with E-state index in [0.717, 1.165) is 27.6 Å². The number of nitrogens with zero attached hydrogens (tertiary/aromatic N) is 3. The van der Waals surface area contributed by atoms with Gasteiger partial charge in [0.2, 0.25) is 0 Å². The fraction of sp³-hybridized carbons (Fsp3) is 0.304. The summed E-state index contributed by atoms with van der Waals surface area (Å²) in [5, 5.41) is 11.2. The van der Waals surface area contributed by atoms with Crippen LogP contribution in [0.2, 0.25) is 0 Å². The van der Waals surface area contributed by atoms with Crippen LogP contribution in [0.5, 0.6) is 0 Å². The summed E-state index contributed by atoms with van der Waals surface area (Å²) in [5.41, 5.74) is 4.48. The monoisotopic (exact) mass is 377 g/mol. The summed E-state index contributed by atoms with van der Waals surface area (Å²) in [6.45, 7) is 4.21. The molecule has 0 spiro atoms. The Morgan fingerprint density at radius 2 is 1.71 bits per heavy atom. The molecule has 0 saturated carbocycles. The number of likely N-dealkylation sites (N-methyl/N-ethyl adjacent to an activating group) is 1. The second-order valence-electron chi connectivity index (χ2n) is 7.65. The number of hydrogen-bond acceptors (Lipinski definition) is 4. The van der Waals surface area contributed by atoms with Gasteiger partial charge in [0.15, 0.2) is 0 Å². The molecule has 0 aliphatic heterocycles. The van der Waals surface area contributed by atoms with Gasteiger partial charge in [-0.25, -0.2) is 4.98 Å². The number of carboxylic acids is 1. The first-order chi connectivity index (χ1) is 13.3. The van der Waals surface area contributed by atoms with Gasteiger partial charge in [0.25, 0.3) is 0 Å². The molecule has 0 aliphatic carbocycles. The van der Waals surface area contributed by atoms with Crippen LogP contribution in [0.25, 0.3) is 21.9 Å². The van der Waals surface area contributed by atoms with Crippen molar-refractivity contribution in [1.29, 1.82) is 0 Å². The lowest BCUT2D eigenvalue weighted by atomic mass is 9.95. The first-order valence-corrected chi connectivity index (χ1v) is 9.41. The van der Waals surface area contributed by atoms with Gasteiger partial charge in [-0.15, -0.1) is 0 Å². The molecular formula is C23H27N3O2. The maximum absolute atomic E-state index is 11.2. The predicted octanol–water partition coefficient (Wildman–Crippen LogP) is 4.61. The average molecular weight is 377 g/mol. The quantitative estimate of drug-likeness (QED) is 0.680.